The predicted molar refractivity (Wildman–Crippen MR) is 59.1 cm³/mol. The van der Waals surface area contributed by atoms with Crippen LogP contribution in [0.25, 0.3) is 0 Å². The Morgan fingerprint density at radius 1 is 1.44 bits per heavy atom. The number of hydrogen-bond acceptors (Lipinski definition) is 4. The lowest BCUT2D eigenvalue weighted by Crippen LogP contribution is -2.34. The van der Waals surface area contributed by atoms with Gasteiger partial charge in [-0.3, -0.25) is 4.79 Å². The lowest BCUT2D eigenvalue weighted by molar-refractivity contribution is -0.138. The monoisotopic (exact) mass is 232 g/mol. The molecule has 16 heavy (non-hydrogen) atoms. The van der Waals surface area contributed by atoms with Crippen LogP contribution < -0.4 is 11.1 Å². The zero-order chi connectivity index (χ0) is 12.8. The predicted octanol–water partition coefficient (Wildman–Crippen LogP) is 0.703. The second-order valence-corrected chi connectivity index (χ2v) is 4.52. The Morgan fingerprint density at radius 3 is 2.44 bits per heavy atom. The Kier molecular flexibility index (Phi) is 5.81. The summed E-state index contributed by atoms with van der Waals surface area (Å²) in [7, 11) is 0. The summed E-state index contributed by atoms with van der Waals surface area (Å²) in [5, 5.41) is 11.0. The van der Waals surface area contributed by atoms with E-state index in [2.05, 4.69) is 5.32 Å². The average molecular weight is 232 g/mol. The maximum absolute atomic E-state index is 11.2. The summed E-state index contributed by atoms with van der Waals surface area (Å²) in [6, 6.07) is -0.875. The van der Waals surface area contributed by atoms with Crippen LogP contribution in [0, 0.1) is 0 Å². The Morgan fingerprint density at radius 2 is 2.00 bits per heavy atom. The van der Waals surface area contributed by atoms with Gasteiger partial charge in [-0.25, -0.2) is 4.79 Å². The summed E-state index contributed by atoms with van der Waals surface area (Å²) in [5.41, 5.74) is 4.77. The van der Waals surface area contributed by atoms with Crippen molar-refractivity contribution in [1.82, 2.24) is 5.32 Å². The molecule has 1 atom stereocenters. The molecule has 0 aliphatic heterocycles. The highest BCUT2D eigenvalue weighted by atomic mass is 16.6. The lowest BCUT2D eigenvalue weighted by Gasteiger charge is -2.19. The average Bonchev–Trinajstić information content (AvgIpc) is 2.08. The van der Waals surface area contributed by atoms with E-state index in [-0.39, 0.29) is 0 Å². The molecule has 6 nitrogen and oxygen atoms in total. The van der Waals surface area contributed by atoms with Crippen LogP contribution in [0.4, 0.5) is 4.79 Å². The maximum Gasteiger partial charge on any atom is 0.407 e. The molecular weight excluding hydrogens is 212 g/mol. The molecule has 6 heteroatoms. The molecule has 1 amide bonds. The highest BCUT2D eigenvalue weighted by Crippen LogP contribution is 2.06. The van der Waals surface area contributed by atoms with Crippen molar-refractivity contribution in [2.75, 3.05) is 6.54 Å². The first-order valence-electron chi connectivity index (χ1n) is 5.17. The fourth-order valence-electron chi connectivity index (χ4n) is 0.950. The van der Waals surface area contributed by atoms with Gasteiger partial charge >= 0.3 is 12.1 Å². The van der Waals surface area contributed by atoms with Crippen LogP contribution in [0.5, 0.6) is 0 Å². The molecule has 4 N–H and O–H groups in total. The number of rotatable bonds is 5. The molecule has 0 saturated heterocycles. The van der Waals surface area contributed by atoms with Crippen molar-refractivity contribution in [2.45, 2.75) is 45.3 Å². The van der Waals surface area contributed by atoms with Gasteiger partial charge in [0.15, 0.2) is 0 Å². The van der Waals surface area contributed by atoms with Crippen LogP contribution in [0.15, 0.2) is 0 Å². The largest absolute Gasteiger partial charge is 0.480 e. The summed E-state index contributed by atoms with van der Waals surface area (Å²) in [4.78, 5) is 21.5. The van der Waals surface area contributed by atoms with Gasteiger partial charge in [-0.05, 0) is 33.6 Å². The van der Waals surface area contributed by atoms with Gasteiger partial charge < -0.3 is 20.9 Å². The molecule has 94 valence electrons. The zero-order valence-electron chi connectivity index (χ0n) is 9.95. The summed E-state index contributed by atoms with van der Waals surface area (Å²) in [6.07, 6.45) is 0.328. The van der Waals surface area contributed by atoms with Crippen molar-refractivity contribution >= 4 is 12.1 Å². The molecule has 0 aliphatic carbocycles. The minimum atomic E-state index is -1.03. The van der Waals surface area contributed by atoms with Crippen LogP contribution >= 0.6 is 0 Å². The van der Waals surface area contributed by atoms with E-state index in [0.29, 0.717) is 19.4 Å². The van der Waals surface area contributed by atoms with Gasteiger partial charge in [0, 0.05) is 6.54 Å². The summed E-state index contributed by atoms with van der Waals surface area (Å²) < 4.78 is 4.99. The van der Waals surface area contributed by atoms with Gasteiger partial charge in [0.05, 0.1) is 0 Å². The second kappa shape index (κ2) is 6.32. The first-order valence-corrected chi connectivity index (χ1v) is 5.17. The number of amides is 1. The number of hydrogen-bond donors (Lipinski definition) is 3. The Balaban J connectivity index is 3.60. The maximum atomic E-state index is 11.2. The first-order chi connectivity index (χ1) is 7.22. The first kappa shape index (κ1) is 14.7. The second-order valence-electron chi connectivity index (χ2n) is 4.52. The topological polar surface area (TPSA) is 102 Å². The number of carbonyl (C=O) groups is 2. The lowest BCUT2D eigenvalue weighted by atomic mass is 10.2. The molecule has 0 spiro atoms. The van der Waals surface area contributed by atoms with Crippen LogP contribution in [-0.2, 0) is 9.53 Å². The molecule has 0 bridgehead atoms. The van der Waals surface area contributed by atoms with Crippen LogP contribution in [-0.4, -0.2) is 35.4 Å². The summed E-state index contributed by atoms with van der Waals surface area (Å²) in [6.45, 7) is 5.67. The fourth-order valence-corrected chi connectivity index (χ4v) is 0.950. The minimum Gasteiger partial charge on any atom is -0.480 e. The Labute approximate surface area is 95.1 Å². The minimum absolute atomic E-state index is 0.325. The van der Waals surface area contributed by atoms with E-state index in [1.54, 1.807) is 20.8 Å². The van der Waals surface area contributed by atoms with Gasteiger partial charge in [-0.2, -0.15) is 0 Å². The van der Waals surface area contributed by atoms with E-state index >= 15 is 0 Å². The number of carboxylic acids is 1. The molecule has 0 aromatic rings. The highest BCUT2D eigenvalue weighted by molar-refractivity contribution is 5.73. The number of alkyl carbamates (subject to hydrolysis) is 1. The van der Waals surface area contributed by atoms with Crippen LogP contribution in [0.2, 0.25) is 0 Å². The number of nitrogens with two attached hydrogens (primary N) is 1. The third-order valence-electron chi connectivity index (χ3n) is 1.68. The number of carbonyl (C=O) groups excluding carboxylic acids is 1. The quantitative estimate of drug-likeness (QED) is 0.606. The van der Waals surface area contributed by atoms with Crippen molar-refractivity contribution in [3.05, 3.63) is 0 Å². The van der Waals surface area contributed by atoms with Crippen molar-refractivity contribution in [3.63, 3.8) is 0 Å². The van der Waals surface area contributed by atoms with Crippen molar-refractivity contribution < 1.29 is 19.4 Å². The van der Waals surface area contributed by atoms with Gasteiger partial charge in [-0.1, -0.05) is 0 Å². The van der Waals surface area contributed by atoms with E-state index in [9.17, 15) is 9.59 Å². The normalized spacial score (nSPS) is 13.0. The van der Waals surface area contributed by atoms with E-state index in [1.165, 1.54) is 0 Å². The van der Waals surface area contributed by atoms with E-state index in [4.69, 9.17) is 15.6 Å². The van der Waals surface area contributed by atoms with E-state index in [1.807, 2.05) is 0 Å². The summed E-state index contributed by atoms with van der Waals surface area (Å²) in [5.74, 6) is -1.03. The standard InChI is InChI=1S/C10H20N2O4/c1-10(2,3)16-9(15)12-6-4-5-7(11)8(13)14/h7H,4-6,11H2,1-3H3,(H,12,15)(H,13,14). The van der Waals surface area contributed by atoms with Gasteiger partial charge in [0.25, 0.3) is 0 Å². The van der Waals surface area contributed by atoms with Gasteiger partial charge in [-0.15, -0.1) is 0 Å². The molecule has 0 aromatic heterocycles. The van der Waals surface area contributed by atoms with Crippen molar-refractivity contribution in [3.8, 4) is 0 Å². The molecule has 0 aromatic carbocycles. The molecule has 0 radical (unpaired) electrons. The Bertz CT molecular complexity index is 248. The molecule has 0 rings (SSSR count). The zero-order valence-corrected chi connectivity index (χ0v) is 9.95. The number of carboxylic acid groups (broad SMARTS) is 1. The number of ether oxygens (including phenoxy) is 1. The third kappa shape index (κ3) is 8.05. The SMILES string of the molecule is CC(C)(C)OC(=O)NCCCC(N)C(=O)O. The van der Waals surface area contributed by atoms with E-state index < -0.39 is 23.7 Å². The number of nitrogens with one attached hydrogen (secondary N) is 1. The van der Waals surface area contributed by atoms with Gasteiger partial charge in [0.1, 0.15) is 11.6 Å². The molecule has 0 saturated carbocycles. The molecule has 1 unspecified atom stereocenters. The Hall–Kier alpha value is -1.30. The molecule has 0 fully saturated rings. The van der Waals surface area contributed by atoms with Crippen LogP contribution in [0.1, 0.15) is 33.6 Å². The molecule has 0 aliphatic rings. The van der Waals surface area contributed by atoms with Crippen molar-refractivity contribution in [1.29, 1.82) is 0 Å². The smallest absolute Gasteiger partial charge is 0.407 e. The van der Waals surface area contributed by atoms with Crippen LogP contribution in [0.3, 0.4) is 0 Å². The van der Waals surface area contributed by atoms with E-state index in [0.717, 1.165) is 0 Å². The fraction of sp³-hybridized carbons (Fsp3) is 0.800. The molecule has 0 heterocycles. The summed E-state index contributed by atoms with van der Waals surface area (Å²) >= 11 is 0. The third-order valence-corrected chi connectivity index (χ3v) is 1.68. The number of aliphatic carboxylic acids is 1. The highest BCUT2D eigenvalue weighted by Gasteiger charge is 2.16. The van der Waals surface area contributed by atoms with Crippen molar-refractivity contribution in [2.24, 2.45) is 5.73 Å². The molecular formula is C10H20N2O4. The van der Waals surface area contributed by atoms with Gasteiger partial charge in [0.2, 0.25) is 0 Å².